The van der Waals surface area contributed by atoms with Crippen LogP contribution in [0.2, 0.25) is 0 Å². The number of amides is 1. The van der Waals surface area contributed by atoms with Crippen LogP contribution in [-0.4, -0.2) is 77.5 Å². The Morgan fingerprint density at radius 3 is 2.09 bits per heavy atom. The minimum absolute atomic E-state index is 0. The summed E-state index contributed by atoms with van der Waals surface area (Å²) in [6.07, 6.45) is 2.78. The van der Waals surface area contributed by atoms with Crippen molar-refractivity contribution in [2.24, 2.45) is 0 Å². The summed E-state index contributed by atoms with van der Waals surface area (Å²) in [5.41, 5.74) is 1.74. The summed E-state index contributed by atoms with van der Waals surface area (Å²) in [5, 5.41) is 9.03. The monoisotopic (exact) mass is 661 g/mol. The molecule has 0 atom stereocenters. The number of hydrogen-bond donors (Lipinski definition) is 1. The number of piperazine rings is 1. The lowest BCUT2D eigenvalue weighted by Crippen LogP contribution is -2.44. The number of nitrogens with zero attached hydrogens (tertiary/aromatic N) is 3. The number of ether oxygens (including phenoxy) is 2. The molecule has 0 saturated carbocycles. The summed E-state index contributed by atoms with van der Waals surface area (Å²) in [4.78, 5) is 31.1. The Hall–Kier alpha value is -3.12. The van der Waals surface area contributed by atoms with Gasteiger partial charge in [-0.25, -0.2) is 4.79 Å². The highest BCUT2D eigenvalue weighted by Crippen LogP contribution is 2.36. The third-order valence-electron chi connectivity index (χ3n) is 6.89. The number of carbonyl (C=O) groups excluding carboxylic acids is 1. The van der Waals surface area contributed by atoms with E-state index in [1.54, 1.807) is 29.2 Å². The van der Waals surface area contributed by atoms with E-state index in [9.17, 15) is 9.59 Å². The Morgan fingerprint density at radius 2 is 1.49 bits per heavy atom. The summed E-state index contributed by atoms with van der Waals surface area (Å²) in [6.45, 7) is 6.13. The third kappa shape index (κ3) is 9.18. The second-order valence-electron chi connectivity index (χ2n) is 9.86. The highest BCUT2D eigenvalue weighted by atomic mass is 35.5. The molecule has 3 aromatic rings. The van der Waals surface area contributed by atoms with Gasteiger partial charge in [-0.2, -0.15) is 0 Å². The van der Waals surface area contributed by atoms with E-state index in [2.05, 4.69) is 16.8 Å². The molecule has 2 heterocycles. The van der Waals surface area contributed by atoms with E-state index in [-0.39, 0.29) is 36.3 Å². The minimum atomic E-state index is -0.986. The van der Waals surface area contributed by atoms with Crippen molar-refractivity contribution < 1.29 is 24.2 Å². The molecule has 228 valence electrons. The fraction of sp³-hybridized carbons (Fsp3) is 0.258. The van der Waals surface area contributed by atoms with Crippen LogP contribution in [0.3, 0.4) is 0 Å². The number of rotatable bonds is 10. The first kappa shape index (κ1) is 34.4. The van der Waals surface area contributed by atoms with Gasteiger partial charge in [0.2, 0.25) is 0 Å². The van der Waals surface area contributed by atoms with Gasteiger partial charge in [-0.1, -0.05) is 36.1 Å². The van der Waals surface area contributed by atoms with Crippen LogP contribution in [0.4, 0.5) is 5.69 Å². The third-order valence-corrected chi connectivity index (χ3v) is 8.19. The molecule has 0 aliphatic carbocycles. The van der Waals surface area contributed by atoms with Gasteiger partial charge in [-0.05, 0) is 85.8 Å². The first-order valence-electron chi connectivity index (χ1n) is 13.4. The van der Waals surface area contributed by atoms with Crippen molar-refractivity contribution in [3.8, 4) is 17.2 Å². The molecule has 0 unspecified atom stereocenters. The number of carbonyl (C=O) groups is 2. The van der Waals surface area contributed by atoms with E-state index in [1.807, 2.05) is 42.5 Å². The molecule has 0 aromatic heterocycles. The number of aromatic carboxylic acids is 1. The van der Waals surface area contributed by atoms with E-state index in [4.69, 9.17) is 26.8 Å². The number of likely N-dealkylation sites (N-methyl/N-ethyl adjacent to an activating group) is 1. The highest BCUT2D eigenvalue weighted by molar-refractivity contribution is 8.27. The number of hydrogen-bond acceptors (Lipinski definition) is 8. The van der Waals surface area contributed by atoms with Crippen LogP contribution in [0.25, 0.3) is 6.08 Å². The molecule has 0 radical (unpaired) electrons. The SMILES string of the molecule is CN1CCN(CCCOc2ccc(N3C(=O)C(=Cc4ccc(Oc5ccc(C(=O)O)cc5)cc4)SC3=S)cc2)CC1.Cl.Cl. The molecule has 2 saturated heterocycles. The zero-order chi connectivity index (χ0) is 28.8. The average Bonchev–Trinajstić information content (AvgIpc) is 3.25. The number of halogens is 2. The Kier molecular flexibility index (Phi) is 12.9. The Morgan fingerprint density at radius 1 is 0.907 bits per heavy atom. The topological polar surface area (TPSA) is 82.5 Å². The van der Waals surface area contributed by atoms with Gasteiger partial charge < -0.3 is 24.4 Å². The molecule has 2 aliphatic heterocycles. The lowest BCUT2D eigenvalue weighted by molar-refractivity contribution is -0.113. The summed E-state index contributed by atoms with van der Waals surface area (Å²) in [7, 11) is 2.16. The lowest BCUT2D eigenvalue weighted by atomic mass is 10.2. The van der Waals surface area contributed by atoms with Crippen molar-refractivity contribution >= 4 is 76.8 Å². The van der Waals surface area contributed by atoms with E-state index < -0.39 is 5.97 Å². The summed E-state index contributed by atoms with van der Waals surface area (Å²) in [5.74, 6) is 0.748. The van der Waals surface area contributed by atoms with Gasteiger partial charge in [0, 0.05) is 32.7 Å². The second-order valence-corrected chi connectivity index (χ2v) is 11.5. The predicted molar refractivity (Wildman–Crippen MR) is 181 cm³/mol. The van der Waals surface area contributed by atoms with E-state index in [0.29, 0.717) is 33.0 Å². The number of benzene rings is 3. The number of thioether (sulfide) groups is 1. The fourth-order valence-corrected chi connectivity index (χ4v) is 5.82. The van der Waals surface area contributed by atoms with Gasteiger partial charge in [0.1, 0.15) is 17.2 Å². The molecule has 43 heavy (non-hydrogen) atoms. The Labute approximate surface area is 273 Å². The van der Waals surface area contributed by atoms with Crippen molar-refractivity contribution in [2.45, 2.75) is 6.42 Å². The van der Waals surface area contributed by atoms with Gasteiger partial charge >= 0.3 is 5.97 Å². The zero-order valence-corrected chi connectivity index (χ0v) is 26.8. The molecule has 8 nitrogen and oxygen atoms in total. The van der Waals surface area contributed by atoms with E-state index in [1.165, 1.54) is 23.9 Å². The fourth-order valence-electron chi connectivity index (χ4n) is 4.52. The standard InChI is InChI=1S/C31H31N3O5S2.2ClH/c1-32-16-18-33(19-17-32)15-2-20-38-25-13-7-24(8-14-25)34-29(35)28(41-31(34)40)21-22-3-9-26(10-4-22)39-27-11-5-23(6-12-27)30(36)37;;/h3-14,21H,2,15-20H2,1H3,(H,36,37);2*1H. The first-order chi connectivity index (χ1) is 19.9. The van der Waals surface area contributed by atoms with Gasteiger partial charge in [0.05, 0.1) is 22.8 Å². The largest absolute Gasteiger partial charge is 0.494 e. The molecule has 1 amide bonds. The molecular weight excluding hydrogens is 629 g/mol. The Balaban J connectivity index is 0.00000253. The van der Waals surface area contributed by atoms with Gasteiger partial charge in [-0.15, -0.1) is 24.8 Å². The van der Waals surface area contributed by atoms with Crippen LogP contribution in [0, 0.1) is 0 Å². The predicted octanol–water partition coefficient (Wildman–Crippen LogP) is 6.44. The number of anilines is 1. The number of carboxylic acids is 1. The van der Waals surface area contributed by atoms with Crippen molar-refractivity contribution in [1.82, 2.24) is 9.80 Å². The number of thiocarbonyl (C=S) groups is 1. The lowest BCUT2D eigenvalue weighted by Gasteiger charge is -2.32. The normalized spacial score (nSPS) is 16.5. The summed E-state index contributed by atoms with van der Waals surface area (Å²) >= 11 is 6.80. The van der Waals surface area contributed by atoms with Gasteiger partial charge in [0.15, 0.2) is 4.32 Å². The van der Waals surface area contributed by atoms with Crippen LogP contribution in [0.5, 0.6) is 17.2 Å². The smallest absolute Gasteiger partial charge is 0.335 e. The maximum absolute atomic E-state index is 13.2. The van der Waals surface area contributed by atoms with Gasteiger partial charge in [-0.3, -0.25) is 9.69 Å². The van der Waals surface area contributed by atoms with Crippen molar-refractivity contribution in [2.75, 3.05) is 51.3 Å². The van der Waals surface area contributed by atoms with E-state index >= 15 is 0 Å². The Bertz CT molecular complexity index is 1430. The maximum atomic E-state index is 13.2. The van der Waals surface area contributed by atoms with Crippen LogP contribution in [0.15, 0.2) is 77.7 Å². The average molecular weight is 663 g/mol. The number of carboxylic acid groups (broad SMARTS) is 1. The van der Waals surface area contributed by atoms with Crippen LogP contribution < -0.4 is 14.4 Å². The second kappa shape index (κ2) is 16.1. The summed E-state index contributed by atoms with van der Waals surface area (Å²) in [6, 6.07) is 21.0. The maximum Gasteiger partial charge on any atom is 0.335 e. The van der Waals surface area contributed by atoms with Crippen molar-refractivity contribution in [3.05, 3.63) is 88.8 Å². The van der Waals surface area contributed by atoms with Crippen molar-refractivity contribution in [1.29, 1.82) is 0 Å². The van der Waals surface area contributed by atoms with Crippen molar-refractivity contribution in [3.63, 3.8) is 0 Å². The molecule has 0 spiro atoms. The van der Waals surface area contributed by atoms with Crippen LogP contribution in [-0.2, 0) is 4.79 Å². The molecule has 1 N–H and O–H groups in total. The van der Waals surface area contributed by atoms with E-state index in [0.717, 1.165) is 50.5 Å². The molecule has 12 heteroatoms. The molecule has 3 aromatic carbocycles. The molecule has 5 rings (SSSR count). The zero-order valence-electron chi connectivity index (χ0n) is 23.5. The van der Waals surface area contributed by atoms with Crippen LogP contribution in [0.1, 0.15) is 22.3 Å². The molecule has 2 fully saturated rings. The minimum Gasteiger partial charge on any atom is -0.494 e. The summed E-state index contributed by atoms with van der Waals surface area (Å²) < 4.78 is 12.2. The van der Waals surface area contributed by atoms with Gasteiger partial charge in [0.25, 0.3) is 5.91 Å². The molecular formula is C31H33Cl2N3O5S2. The molecule has 2 aliphatic rings. The van der Waals surface area contributed by atoms with Crippen LogP contribution >= 0.6 is 48.8 Å². The first-order valence-corrected chi connectivity index (χ1v) is 14.6. The quantitative estimate of drug-likeness (QED) is 0.150. The highest BCUT2D eigenvalue weighted by Gasteiger charge is 2.33. The molecule has 0 bridgehead atoms.